The van der Waals surface area contributed by atoms with Crippen molar-refractivity contribution in [3.05, 3.63) is 160 Å². The normalized spacial score (nSPS) is 10.7. The van der Waals surface area contributed by atoms with Gasteiger partial charge in [0.25, 0.3) is 0 Å². The molecule has 11 rings (SSSR count). The fourth-order valence-corrected chi connectivity index (χ4v) is 10.3. The number of ether oxygens (including phenoxy) is 3. The minimum Gasteiger partial charge on any atom is -0.507 e. The molecule has 0 bridgehead atoms. The molecule has 10 aromatic rings. The van der Waals surface area contributed by atoms with E-state index in [0.29, 0.717) is 34.5 Å². The Hall–Kier alpha value is -4.70. The van der Waals surface area contributed by atoms with E-state index >= 15 is 0 Å². The maximum atomic E-state index is 11.4. The van der Waals surface area contributed by atoms with Crippen LogP contribution in [0.3, 0.4) is 0 Å². The van der Waals surface area contributed by atoms with Crippen LogP contribution in [0.15, 0.2) is 128 Å². The number of H-pyrrole nitrogens is 2. The fourth-order valence-electron chi connectivity index (χ4n) is 8.03. The van der Waals surface area contributed by atoms with Gasteiger partial charge in [-0.15, -0.1) is 0 Å². The molecule has 27 heteroatoms. The first kappa shape index (κ1) is 74.4. The Morgan fingerprint density at radius 1 is 0.663 bits per heavy atom. The number of nitrogens with two attached hydrogens (primary N) is 1. The molecule has 4 aromatic heterocycles. The summed E-state index contributed by atoms with van der Waals surface area (Å²) < 4.78 is 32.7. The van der Waals surface area contributed by atoms with Gasteiger partial charge in [-0.2, -0.15) is 5.26 Å². The van der Waals surface area contributed by atoms with Crippen molar-refractivity contribution in [1.29, 1.82) is 10.5 Å². The van der Waals surface area contributed by atoms with Gasteiger partial charge in [-0.1, -0.05) is 6.07 Å². The van der Waals surface area contributed by atoms with E-state index in [-0.39, 0.29) is 124 Å². The standard InChI is InChI=1S/C19H15N3O3.C12H11N2O.C7H4INO2.C7H5IO3.C7H7NO3.C4H8O.B.Sn.3U/c1-3-22-16-9-12(24-2)5-6-13(16)14(10-20)18(22)11-4-7-15-17(8-11)25-19(23)21-15;1-3-14-8-9(7-13)11-5-4-10(15-2)6-12(11)14;8-4-1-2-5-6(3-4)11-7(10)9-5;2*8-4-1-2-5(7(10)11)6(9)3-4;1-2-4-5-3-1;;;;;/h4-9H,3H2,1-2H3,(H,21,23);4-6H,3H2,1-2H3;1-3H,(H,9,10);1-3,9H,(H,10,11);1-3,9H,8H2,(H,10,11);1-4H2;;;;;. The van der Waals surface area contributed by atoms with E-state index in [9.17, 15) is 29.7 Å². The second kappa shape index (κ2) is 35.7. The van der Waals surface area contributed by atoms with Gasteiger partial charge in [-0.25, -0.2) is 19.2 Å². The number of fused-ring (bicyclic) bond motifs is 4. The van der Waals surface area contributed by atoms with Crippen LogP contribution in [0, 0.1) is 123 Å². The first-order valence-electron chi connectivity index (χ1n) is 23.8. The molecular weight excluding hydrogens is 2080 g/mol. The molecule has 83 heavy (non-hydrogen) atoms. The van der Waals surface area contributed by atoms with Gasteiger partial charge in [0, 0.05) is 157 Å². The summed E-state index contributed by atoms with van der Waals surface area (Å²) in [4.78, 5) is 48.0. The van der Waals surface area contributed by atoms with Crippen LogP contribution in [0.5, 0.6) is 23.0 Å². The van der Waals surface area contributed by atoms with Gasteiger partial charge >= 0.3 is 131 Å². The van der Waals surface area contributed by atoms with Gasteiger partial charge in [0.15, 0.2) is 11.2 Å². The third-order valence-electron chi connectivity index (χ3n) is 11.7. The predicted molar refractivity (Wildman–Crippen MR) is 322 cm³/mol. The first-order chi connectivity index (χ1) is 37.9. The Morgan fingerprint density at radius 3 is 1.58 bits per heavy atom. The molecule has 0 atom stereocenters. The van der Waals surface area contributed by atoms with Crippen LogP contribution in [0.2, 0.25) is 0 Å². The molecule has 0 spiro atoms. The zero-order chi connectivity index (χ0) is 57.5. The summed E-state index contributed by atoms with van der Waals surface area (Å²) in [7, 11) is 3.28. The van der Waals surface area contributed by atoms with Crippen molar-refractivity contribution in [3.8, 4) is 46.4 Å². The van der Waals surface area contributed by atoms with Gasteiger partial charge in [0.05, 0.1) is 34.9 Å². The number of hydrogen-bond donors (Lipinski definition) is 7. The molecule has 0 unspecified atom stereocenters. The zero-order valence-electron chi connectivity index (χ0n) is 44.8. The number of aromatic hydroxyl groups is 2. The quantitative estimate of drug-likeness (QED) is 0.0444. The number of carboxylic acid groups (broad SMARTS) is 2. The average molecular weight is 2130 g/mol. The molecule has 1 aliphatic heterocycles. The van der Waals surface area contributed by atoms with E-state index in [4.69, 9.17) is 49.2 Å². The summed E-state index contributed by atoms with van der Waals surface area (Å²) in [5.74, 6) is -2.10. The van der Waals surface area contributed by atoms with E-state index in [0.717, 1.165) is 86.3 Å². The van der Waals surface area contributed by atoms with E-state index in [1.807, 2.05) is 90.2 Å². The van der Waals surface area contributed by atoms with Gasteiger partial charge in [-0.05, 0) is 138 Å². The molecular formula is C56H50BI2N7O13SnU3. The Morgan fingerprint density at radius 2 is 1.12 bits per heavy atom. The number of aromatic carboxylic acids is 2. The summed E-state index contributed by atoms with van der Waals surface area (Å²) in [6.07, 6.45) is 2.56. The number of oxazole rings is 2. The van der Waals surface area contributed by atoms with E-state index in [1.165, 1.54) is 65.7 Å². The first-order valence-corrected chi connectivity index (χ1v) is 27.4. The van der Waals surface area contributed by atoms with Crippen LogP contribution in [0.1, 0.15) is 58.5 Å². The minimum absolute atomic E-state index is 0. The number of nitrogen functional groups attached to an aromatic ring is 1. The van der Waals surface area contributed by atoms with Gasteiger partial charge in [-0.3, -0.25) is 9.97 Å². The van der Waals surface area contributed by atoms with Crippen molar-refractivity contribution in [3.63, 3.8) is 0 Å². The number of phenols is 2. The van der Waals surface area contributed by atoms with Gasteiger partial charge < -0.3 is 49.0 Å². The molecule has 1 aliphatic rings. The fraction of sp³-hybridized carbons (Fsp3) is 0.179. The van der Waals surface area contributed by atoms with Crippen molar-refractivity contribution >= 4 is 141 Å². The maximum Gasteiger partial charge on any atom is 0.417 e. The SMILES string of the molecule is C1CCOC1.CCn1[c]([Sn])c(C#N)c2ccc(OC)cc21.CCn1c(-c2ccc3[nH]c(=O)oc3c2)c(C#N)c2ccc(OC)cc21.Nc1ccc(C(=O)O)c(O)c1.O=C(O)c1ccc(I)cc1O.O=c1[nH]c2ccc(I)cc2o1.[B].[U].[U].[U]. The summed E-state index contributed by atoms with van der Waals surface area (Å²) in [6, 6.07) is 35.4. The van der Waals surface area contributed by atoms with Crippen molar-refractivity contribution in [2.45, 2.75) is 39.8 Å². The number of aryl methyl sites for hydroxylation is 2. The number of methoxy groups -OCH3 is 2. The second-order valence-electron chi connectivity index (χ2n) is 16.7. The number of nitriles is 2. The van der Waals surface area contributed by atoms with E-state index in [2.05, 4.69) is 60.8 Å². The van der Waals surface area contributed by atoms with Crippen LogP contribution in [-0.4, -0.2) is 110 Å². The monoisotopic (exact) mass is 2130 g/mol. The number of nitrogens with zero attached hydrogens (tertiary/aromatic N) is 4. The molecule has 1 fully saturated rings. The Bertz CT molecular complexity index is 3980. The molecule has 0 aliphatic carbocycles. The van der Waals surface area contributed by atoms with Crippen LogP contribution in [0.4, 0.5) is 5.69 Å². The number of carboxylic acids is 2. The third kappa shape index (κ3) is 19.4. The topological polar surface area (TPSA) is 318 Å². The van der Waals surface area contributed by atoms with Crippen molar-refractivity contribution in [2.75, 3.05) is 33.2 Å². The Labute approximate surface area is 588 Å². The van der Waals surface area contributed by atoms with Crippen molar-refractivity contribution in [1.82, 2.24) is 19.1 Å². The maximum absolute atomic E-state index is 11.4. The molecule has 0 saturated carbocycles. The predicted octanol–water partition coefficient (Wildman–Crippen LogP) is 9.49. The minimum atomic E-state index is -1.16. The largest absolute Gasteiger partial charge is 0.507 e. The zero-order valence-corrected chi connectivity index (χ0v) is 64.5. The number of hydrogen-bond acceptors (Lipinski definition) is 14. The van der Waals surface area contributed by atoms with Crippen LogP contribution in [0.25, 0.3) is 55.3 Å². The van der Waals surface area contributed by atoms with Crippen LogP contribution < -0.4 is 30.4 Å². The summed E-state index contributed by atoms with van der Waals surface area (Å²) >= 11 is 5.42. The van der Waals surface area contributed by atoms with E-state index < -0.39 is 23.5 Å². The number of anilines is 1. The number of benzene rings is 6. The molecule has 20 nitrogen and oxygen atoms in total. The Balaban J connectivity index is 0.000000356. The molecule has 8 N–H and O–H groups in total. The number of carbonyl (C=O) groups is 2. The third-order valence-corrected chi connectivity index (χ3v) is 14.6. The number of aromatic nitrogens is 4. The molecule has 6 radical (unpaired) electrons. The number of rotatable bonds is 7. The Kier molecular flexibility index (Phi) is 32.0. The number of aromatic amines is 2. The smallest absolute Gasteiger partial charge is 0.417 e. The summed E-state index contributed by atoms with van der Waals surface area (Å²) in [6.45, 7) is 7.69. The second-order valence-corrected chi connectivity index (χ2v) is 20.5. The number of halogens is 2. The molecule has 1 saturated heterocycles. The summed E-state index contributed by atoms with van der Waals surface area (Å²) in [5.41, 5.74) is 12.9. The number of nitrogens with one attached hydrogen (secondary N) is 2. The van der Waals surface area contributed by atoms with E-state index in [1.54, 1.807) is 32.4 Å². The van der Waals surface area contributed by atoms with Gasteiger partial charge in [0.1, 0.15) is 34.4 Å². The molecule has 0 amide bonds. The molecule has 5 heterocycles. The molecule has 6 aromatic carbocycles. The average Bonchev–Trinajstić information content (AvgIpc) is 3.94. The van der Waals surface area contributed by atoms with Crippen molar-refractivity contribution < 1.29 is 146 Å². The van der Waals surface area contributed by atoms with Crippen molar-refractivity contribution in [2.24, 2.45) is 0 Å². The van der Waals surface area contributed by atoms with Gasteiger partial charge in [0.2, 0.25) is 0 Å². The van der Waals surface area contributed by atoms with Crippen LogP contribution >= 0.6 is 45.2 Å². The van der Waals surface area contributed by atoms with Crippen LogP contribution in [-0.2, 0) is 17.8 Å². The summed E-state index contributed by atoms with van der Waals surface area (Å²) in [5, 5.41) is 55.9. The molecule has 420 valence electrons.